The molecule has 0 spiro atoms. The van der Waals surface area contributed by atoms with E-state index in [9.17, 15) is 0 Å². The van der Waals surface area contributed by atoms with Crippen LogP contribution in [0.25, 0.3) is 0 Å². The van der Waals surface area contributed by atoms with Crippen molar-refractivity contribution in [3.05, 3.63) is 29.6 Å². The molecule has 0 fully saturated rings. The van der Waals surface area contributed by atoms with Gasteiger partial charge < -0.3 is 10.8 Å². The second-order valence-electron chi connectivity index (χ2n) is 4.55. The third-order valence-electron chi connectivity index (χ3n) is 2.80. The first kappa shape index (κ1) is 15.0. The molecule has 0 aliphatic heterocycles. The van der Waals surface area contributed by atoms with Crippen LogP contribution in [-0.4, -0.2) is 39.2 Å². The molecule has 0 saturated heterocycles. The summed E-state index contributed by atoms with van der Waals surface area (Å²) in [5.41, 5.74) is 7.37. The maximum atomic E-state index is 8.91. The molecule has 0 unspecified atom stereocenters. The lowest BCUT2D eigenvalue weighted by Crippen LogP contribution is -2.31. The van der Waals surface area contributed by atoms with E-state index in [4.69, 9.17) is 23.1 Å². The summed E-state index contributed by atoms with van der Waals surface area (Å²) in [7, 11) is 0. The third-order valence-corrected chi connectivity index (χ3v) is 3.01. The second-order valence-corrected chi connectivity index (χ2v) is 4.99. The van der Waals surface area contributed by atoms with Gasteiger partial charge in [0.2, 0.25) is 0 Å². The molecule has 0 aliphatic carbocycles. The molecule has 0 bridgehead atoms. The van der Waals surface area contributed by atoms with E-state index in [1.807, 2.05) is 12.1 Å². The molecule has 100 valence electrons. The molecule has 1 rings (SSSR count). The number of nitrogens with zero attached hydrogens (tertiary/aromatic N) is 2. The van der Waals surface area contributed by atoms with Gasteiger partial charge in [0.1, 0.15) is 4.99 Å². The molecule has 5 heteroatoms. The van der Waals surface area contributed by atoms with Gasteiger partial charge in [-0.05, 0) is 38.0 Å². The number of aliphatic hydroxyl groups excluding tert-OH is 1. The predicted molar refractivity (Wildman–Crippen MR) is 77.4 cm³/mol. The maximum Gasteiger partial charge on any atom is 0.122 e. The van der Waals surface area contributed by atoms with Crippen molar-refractivity contribution < 1.29 is 5.11 Å². The van der Waals surface area contributed by atoms with Gasteiger partial charge in [0, 0.05) is 31.9 Å². The summed E-state index contributed by atoms with van der Waals surface area (Å²) in [5.74, 6) is 0. The van der Waals surface area contributed by atoms with Crippen LogP contribution in [0.2, 0.25) is 0 Å². The summed E-state index contributed by atoms with van der Waals surface area (Å²) in [4.78, 5) is 6.75. The normalized spacial score (nSPS) is 11.2. The molecule has 3 N–H and O–H groups in total. The van der Waals surface area contributed by atoms with E-state index in [0.29, 0.717) is 16.7 Å². The Morgan fingerprint density at radius 2 is 2.28 bits per heavy atom. The first-order valence-corrected chi connectivity index (χ1v) is 6.55. The number of aromatic nitrogens is 1. The summed E-state index contributed by atoms with van der Waals surface area (Å²) < 4.78 is 0. The molecule has 0 radical (unpaired) electrons. The first-order chi connectivity index (χ1) is 8.54. The molecule has 0 atom stereocenters. The number of pyridine rings is 1. The van der Waals surface area contributed by atoms with Gasteiger partial charge in [-0.1, -0.05) is 12.2 Å². The number of rotatable bonds is 7. The topological polar surface area (TPSA) is 62.4 Å². The summed E-state index contributed by atoms with van der Waals surface area (Å²) in [6.07, 6.45) is 2.51. The monoisotopic (exact) mass is 267 g/mol. The average Bonchev–Trinajstić information content (AvgIpc) is 2.34. The largest absolute Gasteiger partial charge is 0.396 e. The number of aliphatic hydroxyl groups is 1. The summed E-state index contributed by atoms with van der Waals surface area (Å²) >= 11 is 4.93. The Morgan fingerprint density at radius 3 is 2.83 bits per heavy atom. The van der Waals surface area contributed by atoms with Crippen molar-refractivity contribution in [3.63, 3.8) is 0 Å². The van der Waals surface area contributed by atoms with Crippen LogP contribution >= 0.6 is 12.2 Å². The number of hydrogen-bond donors (Lipinski definition) is 2. The minimum Gasteiger partial charge on any atom is -0.396 e. The van der Waals surface area contributed by atoms with Gasteiger partial charge in [-0.2, -0.15) is 0 Å². The van der Waals surface area contributed by atoms with E-state index in [1.165, 1.54) is 0 Å². The van der Waals surface area contributed by atoms with Crippen molar-refractivity contribution in [2.45, 2.75) is 32.9 Å². The standard InChI is InChI=1S/C13H21N3OS/c1-10(2)16(6-3-7-17)9-11-4-5-15-12(8-11)13(14)18/h4-5,8,10,17H,3,6-7,9H2,1-2H3,(H2,14,18). The van der Waals surface area contributed by atoms with E-state index in [-0.39, 0.29) is 6.61 Å². The van der Waals surface area contributed by atoms with Gasteiger partial charge in [0.05, 0.1) is 5.69 Å². The lowest BCUT2D eigenvalue weighted by Gasteiger charge is -2.26. The van der Waals surface area contributed by atoms with Crippen LogP contribution in [0.4, 0.5) is 0 Å². The Labute approximate surface area is 114 Å². The van der Waals surface area contributed by atoms with E-state index in [0.717, 1.165) is 25.1 Å². The van der Waals surface area contributed by atoms with Gasteiger partial charge in [-0.15, -0.1) is 0 Å². The molecule has 1 heterocycles. The first-order valence-electron chi connectivity index (χ1n) is 6.14. The fourth-order valence-electron chi connectivity index (χ4n) is 1.74. The molecule has 1 aromatic heterocycles. The summed E-state index contributed by atoms with van der Waals surface area (Å²) in [6, 6.07) is 4.32. The van der Waals surface area contributed by atoms with Crippen molar-refractivity contribution in [3.8, 4) is 0 Å². The SMILES string of the molecule is CC(C)N(CCCO)Cc1ccnc(C(N)=S)c1. The molecule has 0 aromatic carbocycles. The molecule has 0 aliphatic rings. The lowest BCUT2D eigenvalue weighted by atomic mass is 10.2. The zero-order valence-electron chi connectivity index (χ0n) is 11.0. The number of hydrogen-bond acceptors (Lipinski definition) is 4. The zero-order valence-corrected chi connectivity index (χ0v) is 11.8. The Bertz CT molecular complexity index is 396. The average molecular weight is 267 g/mol. The van der Waals surface area contributed by atoms with Crippen molar-refractivity contribution in [1.82, 2.24) is 9.88 Å². The highest BCUT2D eigenvalue weighted by Gasteiger charge is 2.10. The zero-order chi connectivity index (χ0) is 13.5. The fraction of sp³-hybridized carbons (Fsp3) is 0.538. The van der Waals surface area contributed by atoms with Gasteiger partial charge in [0.25, 0.3) is 0 Å². The van der Waals surface area contributed by atoms with Crippen molar-refractivity contribution in [2.24, 2.45) is 5.73 Å². The highest BCUT2D eigenvalue weighted by atomic mass is 32.1. The molecule has 4 nitrogen and oxygen atoms in total. The van der Waals surface area contributed by atoms with E-state index in [1.54, 1.807) is 6.20 Å². The number of nitrogens with two attached hydrogens (primary N) is 1. The Kier molecular flexibility index (Phi) is 6.18. The molecule has 1 aromatic rings. The second kappa shape index (κ2) is 7.41. The number of thiocarbonyl (C=S) groups is 1. The van der Waals surface area contributed by atoms with Crippen LogP contribution in [0.15, 0.2) is 18.3 Å². The van der Waals surface area contributed by atoms with Crippen LogP contribution in [0.1, 0.15) is 31.5 Å². The van der Waals surface area contributed by atoms with Gasteiger partial charge in [-0.25, -0.2) is 0 Å². The minimum atomic E-state index is 0.220. The van der Waals surface area contributed by atoms with Gasteiger partial charge in [-0.3, -0.25) is 9.88 Å². The van der Waals surface area contributed by atoms with Gasteiger partial charge >= 0.3 is 0 Å². The smallest absolute Gasteiger partial charge is 0.122 e. The van der Waals surface area contributed by atoms with Crippen LogP contribution in [-0.2, 0) is 6.54 Å². The van der Waals surface area contributed by atoms with Crippen LogP contribution in [0, 0.1) is 0 Å². The fourth-order valence-corrected chi connectivity index (χ4v) is 1.85. The quantitative estimate of drug-likeness (QED) is 0.729. The molecule has 0 saturated carbocycles. The molecular weight excluding hydrogens is 246 g/mol. The van der Waals surface area contributed by atoms with E-state index < -0.39 is 0 Å². The van der Waals surface area contributed by atoms with Crippen molar-refractivity contribution in [1.29, 1.82) is 0 Å². The summed E-state index contributed by atoms with van der Waals surface area (Å²) in [5, 5.41) is 8.91. The Balaban J connectivity index is 2.73. The maximum absolute atomic E-state index is 8.91. The van der Waals surface area contributed by atoms with E-state index in [2.05, 4.69) is 23.7 Å². The van der Waals surface area contributed by atoms with Crippen LogP contribution < -0.4 is 5.73 Å². The third kappa shape index (κ3) is 4.68. The summed E-state index contributed by atoms with van der Waals surface area (Å²) in [6.45, 7) is 6.20. The van der Waals surface area contributed by atoms with Crippen LogP contribution in [0.3, 0.4) is 0 Å². The van der Waals surface area contributed by atoms with Crippen molar-refractivity contribution >= 4 is 17.2 Å². The molecular formula is C13H21N3OS. The lowest BCUT2D eigenvalue weighted by molar-refractivity contribution is 0.185. The highest BCUT2D eigenvalue weighted by Crippen LogP contribution is 2.09. The molecule has 0 amide bonds. The van der Waals surface area contributed by atoms with Crippen molar-refractivity contribution in [2.75, 3.05) is 13.2 Å². The predicted octanol–water partition coefficient (Wildman–Crippen LogP) is 1.31. The minimum absolute atomic E-state index is 0.220. The van der Waals surface area contributed by atoms with E-state index >= 15 is 0 Å². The Hall–Kier alpha value is -1.04. The highest BCUT2D eigenvalue weighted by molar-refractivity contribution is 7.80. The van der Waals surface area contributed by atoms with Gasteiger partial charge in [0.15, 0.2) is 0 Å². The van der Waals surface area contributed by atoms with Crippen LogP contribution in [0.5, 0.6) is 0 Å². The molecule has 18 heavy (non-hydrogen) atoms. The Morgan fingerprint density at radius 1 is 1.56 bits per heavy atom.